The third-order valence-corrected chi connectivity index (χ3v) is 13.6. The summed E-state index contributed by atoms with van der Waals surface area (Å²) >= 11 is 0. The molecule has 0 aromatic heterocycles. The smallest absolute Gasteiger partial charge is 0.0546 e. The molecule has 12 rings (SSSR count). The van der Waals surface area contributed by atoms with Gasteiger partial charge in [-0.05, 0) is 153 Å². The number of hydrogen-bond donors (Lipinski definition) is 0. The van der Waals surface area contributed by atoms with Gasteiger partial charge in [0.25, 0.3) is 0 Å². The van der Waals surface area contributed by atoms with E-state index in [1.165, 1.54) is 77.7 Å². The lowest BCUT2D eigenvalue weighted by molar-refractivity contribution is 0.857. The Labute approximate surface area is 388 Å². The molecule has 0 aliphatic heterocycles. The van der Waals surface area contributed by atoms with Crippen molar-refractivity contribution in [1.29, 1.82) is 0 Å². The average Bonchev–Trinajstić information content (AvgIpc) is 3.40. The number of benzene rings is 9. The topological polar surface area (TPSA) is 6.48 Å². The van der Waals surface area contributed by atoms with Gasteiger partial charge in [0.15, 0.2) is 0 Å². The Morgan fingerprint density at radius 3 is 1.56 bits per heavy atom. The van der Waals surface area contributed by atoms with Crippen LogP contribution in [0.1, 0.15) is 46.6 Å². The van der Waals surface area contributed by atoms with Crippen molar-refractivity contribution in [2.75, 3.05) is 9.80 Å². The van der Waals surface area contributed by atoms with Crippen LogP contribution in [0.4, 0.5) is 34.1 Å². The van der Waals surface area contributed by atoms with E-state index in [2.05, 4.69) is 259 Å². The molecule has 2 nitrogen and oxygen atoms in total. The third kappa shape index (κ3) is 7.37. The highest BCUT2D eigenvalue weighted by molar-refractivity contribution is 6.10. The zero-order valence-electron chi connectivity index (χ0n) is 36.8. The Hall–Kier alpha value is -8.20. The zero-order chi connectivity index (χ0) is 43.8. The molecule has 0 saturated carbocycles. The minimum absolute atomic E-state index is 0.325. The van der Waals surface area contributed by atoms with Crippen LogP contribution in [0, 0.1) is 0 Å². The molecule has 2 heteroatoms. The minimum atomic E-state index is 0.325. The second kappa shape index (κ2) is 17.1. The fourth-order valence-corrected chi connectivity index (χ4v) is 10.3. The van der Waals surface area contributed by atoms with E-state index < -0.39 is 0 Å². The first-order valence-corrected chi connectivity index (χ1v) is 23.2. The summed E-state index contributed by atoms with van der Waals surface area (Å²) in [5.74, 6) is 0.325. The Morgan fingerprint density at radius 2 is 0.939 bits per heavy atom. The van der Waals surface area contributed by atoms with Crippen molar-refractivity contribution in [2.24, 2.45) is 0 Å². The van der Waals surface area contributed by atoms with Crippen LogP contribution in [0.5, 0.6) is 0 Å². The van der Waals surface area contributed by atoms with Gasteiger partial charge in [-0.1, -0.05) is 182 Å². The maximum absolute atomic E-state index is 2.43. The summed E-state index contributed by atoms with van der Waals surface area (Å²) in [4.78, 5) is 4.80. The van der Waals surface area contributed by atoms with Crippen LogP contribution in [-0.4, -0.2) is 0 Å². The van der Waals surface area contributed by atoms with E-state index in [1.807, 2.05) is 0 Å². The van der Waals surface area contributed by atoms with E-state index in [1.54, 1.807) is 0 Å². The van der Waals surface area contributed by atoms with Gasteiger partial charge in [-0.25, -0.2) is 0 Å². The Morgan fingerprint density at radius 1 is 0.409 bits per heavy atom. The molecule has 0 heterocycles. The monoisotopic (exact) mass is 844 g/mol. The summed E-state index contributed by atoms with van der Waals surface area (Å²) in [6.45, 7) is 0. The average molecular weight is 845 g/mol. The fourth-order valence-electron chi connectivity index (χ4n) is 10.3. The maximum atomic E-state index is 2.43. The molecule has 0 radical (unpaired) electrons. The Bertz CT molecular complexity index is 3320. The molecule has 0 saturated heterocycles. The summed E-state index contributed by atoms with van der Waals surface area (Å²) in [5, 5.41) is 2.70. The number of rotatable bonds is 10. The number of para-hydroxylation sites is 1. The number of nitrogens with zero attached hydrogens (tertiary/aromatic N) is 2. The van der Waals surface area contributed by atoms with E-state index in [0.29, 0.717) is 5.92 Å². The van der Waals surface area contributed by atoms with Crippen LogP contribution < -0.4 is 9.80 Å². The van der Waals surface area contributed by atoms with Gasteiger partial charge in [0, 0.05) is 39.7 Å². The van der Waals surface area contributed by atoms with Crippen molar-refractivity contribution in [1.82, 2.24) is 0 Å². The third-order valence-electron chi connectivity index (χ3n) is 13.6. The van der Waals surface area contributed by atoms with E-state index >= 15 is 0 Å². The molecular weight excluding hydrogens is 797 g/mol. The predicted molar refractivity (Wildman–Crippen MR) is 280 cm³/mol. The van der Waals surface area contributed by atoms with Crippen molar-refractivity contribution < 1.29 is 0 Å². The minimum Gasteiger partial charge on any atom is -0.311 e. The van der Waals surface area contributed by atoms with Gasteiger partial charge in [0.05, 0.1) is 5.69 Å². The lowest BCUT2D eigenvalue weighted by Crippen LogP contribution is -2.13. The summed E-state index contributed by atoms with van der Waals surface area (Å²) in [6, 6.07) is 77.6. The highest BCUT2D eigenvalue weighted by Crippen LogP contribution is 2.48. The van der Waals surface area contributed by atoms with Gasteiger partial charge in [-0.15, -0.1) is 0 Å². The lowest BCUT2D eigenvalue weighted by atomic mass is 9.81. The molecule has 3 aliphatic rings. The van der Waals surface area contributed by atoms with Crippen molar-refractivity contribution in [3.05, 3.63) is 271 Å². The van der Waals surface area contributed by atoms with Crippen LogP contribution in [0.3, 0.4) is 0 Å². The molecule has 1 atom stereocenters. The summed E-state index contributed by atoms with van der Waals surface area (Å²) in [5.41, 5.74) is 21.0. The summed E-state index contributed by atoms with van der Waals surface area (Å²) in [7, 11) is 0. The van der Waals surface area contributed by atoms with E-state index in [9.17, 15) is 0 Å². The van der Waals surface area contributed by atoms with Gasteiger partial charge in [-0.2, -0.15) is 0 Å². The van der Waals surface area contributed by atoms with Gasteiger partial charge in [0.1, 0.15) is 0 Å². The molecule has 0 N–H and O–H groups in total. The van der Waals surface area contributed by atoms with E-state index in [4.69, 9.17) is 0 Å². The second-order valence-electron chi connectivity index (χ2n) is 17.6. The number of hydrogen-bond acceptors (Lipinski definition) is 2. The van der Waals surface area contributed by atoms with Crippen molar-refractivity contribution in [3.63, 3.8) is 0 Å². The number of allylic oxidation sites excluding steroid dienone is 7. The van der Waals surface area contributed by atoms with Crippen LogP contribution >= 0.6 is 0 Å². The van der Waals surface area contributed by atoms with Gasteiger partial charge < -0.3 is 9.80 Å². The van der Waals surface area contributed by atoms with Crippen LogP contribution in [0.15, 0.2) is 243 Å². The largest absolute Gasteiger partial charge is 0.311 e. The fraction of sp³-hybridized carbons (Fsp3) is 0.0625. The predicted octanol–water partition coefficient (Wildman–Crippen LogP) is 17.6. The molecule has 0 bridgehead atoms. The first-order chi connectivity index (χ1) is 32.7. The molecular formula is C64H48N2. The maximum Gasteiger partial charge on any atom is 0.0546 e. The van der Waals surface area contributed by atoms with Crippen LogP contribution in [-0.2, 0) is 6.42 Å². The van der Waals surface area contributed by atoms with Crippen molar-refractivity contribution in [2.45, 2.75) is 25.2 Å². The van der Waals surface area contributed by atoms with Crippen molar-refractivity contribution >= 4 is 62.1 Å². The second-order valence-corrected chi connectivity index (χ2v) is 17.6. The molecule has 3 aliphatic carbocycles. The molecule has 9 aromatic carbocycles. The van der Waals surface area contributed by atoms with Crippen LogP contribution in [0.2, 0.25) is 0 Å². The van der Waals surface area contributed by atoms with Gasteiger partial charge in [-0.3, -0.25) is 0 Å². The zero-order valence-corrected chi connectivity index (χ0v) is 36.8. The molecule has 0 amide bonds. The molecule has 66 heavy (non-hydrogen) atoms. The summed E-state index contributed by atoms with van der Waals surface area (Å²) in [6.07, 6.45) is 17.0. The quantitative estimate of drug-likeness (QED) is 0.135. The van der Waals surface area contributed by atoms with E-state index in [0.717, 1.165) is 47.7 Å². The SMILES string of the molecule is C1=Cc2cc(N(c3ccccc3)c3ccc(-c4ccc(N(c5ccc(-c6ccccc6)cc5)c5ccc(C6C=C(c7ccccc7)C=CC6)cc5)cc4)cc3)c3cccc4c3c2C(=CC4)C1. The van der Waals surface area contributed by atoms with Gasteiger partial charge in [0.2, 0.25) is 0 Å². The molecule has 0 spiro atoms. The van der Waals surface area contributed by atoms with Gasteiger partial charge >= 0.3 is 0 Å². The lowest BCUT2D eigenvalue weighted by Gasteiger charge is -2.31. The van der Waals surface area contributed by atoms with Crippen molar-refractivity contribution in [3.8, 4) is 22.3 Å². The van der Waals surface area contributed by atoms with E-state index in [-0.39, 0.29) is 0 Å². The van der Waals surface area contributed by atoms with Crippen LogP contribution in [0.25, 0.3) is 50.2 Å². The molecule has 0 fully saturated rings. The molecule has 9 aromatic rings. The first kappa shape index (κ1) is 39.4. The first-order valence-electron chi connectivity index (χ1n) is 23.2. The highest BCUT2D eigenvalue weighted by Gasteiger charge is 2.25. The normalized spacial score (nSPS) is 14.7. The summed E-state index contributed by atoms with van der Waals surface area (Å²) < 4.78 is 0. The standard InChI is InChI=1S/C64H48N2/c1-4-13-45(14-5-1)47-27-35-57(36-28-47)65(59-39-33-50(34-40-59)54-20-11-19-53(43-54)46-15-6-2-7-16-46)58-37-29-48(30-38-58)49-31-41-60(42-32-49)66(56-22-8-3-9-23-56)62-44-55-21-10-17-51-25-26-52-18-12-24-61(62)64(52)63(51)55/h1-16,18-19,21-25,27-44,54H,17,20,26H2. The Kier molecular flexibility index (Phi) is 10.2. The Balaban J connectivity index is 0.876. The highest BCUT2D eigenvalue weighted by atomic mass is 15.1. The molecule has 1 unspecified atom stereocenters. The molecule has 314 valence electrons. The number of anilines is 6.